The molecule has 2 aliphatic carbocycles. The third kappa shape index (κ3) is 1.61. The lowest BCUT2D eigenvalue weighted by molar-refractivity contribution is 0.726. The predicted octanol–water partition coefficient (Wildman–Crippen LogP) is 2.46. The number of pyridine rings is 1. The van der Waals surface area contributed by atoms with Crippen molar-refractivity contribution in [3.63, 3.8) is 0 Å². The fourth-order valence-corrected chi connectivity index (χ4v) is 3.11. The second kappa shape index (κ2) is 3.76. The molecular weight excluding hydrogens is 210 g/mol. The molecule has 90 valence electrons. The lowest BCUT2D eigenvalue weighted by Crippen LogP contribution is -2.12. The largest absolute Gasteiger partial charge is 0.386 e. The molecule has 3 N–H and O–H groups in total. The van der Waals surface area contributed by atoms with E-state index < -0.39 is 0 Å². The minimum absolute atomic E-state index is 0.534. The van der Waals surface area contributed by atoms with Crippen LogP contribution in [0.5, 0.6) is 0 Å². The van der Waals surface area contributed by atoms with Crippen LogP contribution in [0.2, 0.25) is 0 Å². The molecule has 3 rings (SSSR count). The van der Waals surface area contributed by atoms with Gasteiger partial charge in [-0.2, -0.15) is 0 Å². The van der Waals surface area contributed by atoms with Crippen LogP contribution in [0.1, 0.15) is 48.2 Å². The number of hydrogen-bond donors (Lipinski definition) is 2. The van der Waals surface area contributed by atoms with E-state index in [9.17, 15) is 0 Å². The van der Waals surface area contributed by atoms with Gasteiger partial charge in [0.05, 0.1) is 5.82 Å². The fourth-order valence-electron chi connectivity index (χ4n) is 3.11. The van der Waals surface area contributed by atoms with Crippen LogP contribution in [0.4, 0.5) is 5.69 Å². The van der Waals surface area contributed by atoms with E-state index in [4.69, 9.17) is 10.7 Å². The Labute approximate surface area is 102 Å². The SMILES string of the molecule is C=C(N)Nc1c2c(nc3c1CCC3C)CCC2. The van der Waals surface area contributed by atoms with E-state index in [1.165, 1.54) is 41.0 Å². The first-order chi connectivity index (χ1) is 8.16. The summed E-state index contributed by atoms with van der Waals surface area (Å²) in [5, 5.41) is 3.27. The molecule has 0 saturated heterocycles. The average Bonchev–Trinajstić information content (AvgIpc) is 2.86. The Morgan fingerprint density at radius 2 is 2.18 bits per heavy atom. The van der Waals surface area contributed by atoms with Gasteiger partial charge in [0.2, 0.25) is 0 Å². The summed E-state index contributed by atoms with van der Waals surface area (Å²) in [5.41, 5.74) is 12.3. The first kappa shape index (κ1) is 10.6. The molecular formula is C14H19N3. The average molecular weight is 229 g/mol. The second-order valence-electron chi connectivity index (χ2n) is 5.22. The smallest absolute Gasteiger partial charge is 0.0930 e. The predicted molar refractivity (Wildman–Crippen MR) is 69.9 cm³/mol. The van der Waals surface area contributed by atoms with Crippen molar-refractivity contribution in [1.29, 1.82) is 0 Å². The first-order valence-electron chi connectivity index (χ1n) is 6.42. The van der Waals surface area contributed by atoms with Crippen molar-refractivity contribution in [1.82, 2.24) is 4.98 Å². The molecule has 0 radical (unpaired) electrons. The maximum absolute atomic E-state index is 5.72. The van der Waals surface area contributed by atoms with Gasteiger partial charge < -0.3 is 11.1 Å². The van der Waals surface area contributed by atoms with E-state index in [2.05, 4.69) is 18.8 Å². The van der Waals surface area contributed by atoms with Gasteiger partial charge in [-0.3, -0.25) is 4.98 Å². The molecule has 17 heavy (non-hydrogen) atoms. The molecule has 3 heteroatoms. The number of fused-ring (bicyclic) bond motifs is 2. The molecule has 1 atom stereocenters. The van der Waals surface area contributed by atoms with Crippen LogP contribution in [0.15, 0.2) is 12.4 Å². The molecule has 1 aromatic heterocycles. The van der Waals surface area contributed by atoms with Crippen molar-refractivity contribution in [2.45, 2.75) is 44.9 Å². The van der Waals surface area contributed by atoms with Crippen molar-refractivity contribution in [2.24, 2.45) is 5.73 Å². The van der Waals surface area contributed by atoms with Crippen LogP contribution >= 0.6 is 0 Å². The number of aromatic nitrogens is 1. The molecule has 2 aliphatic rings. The Morgan fingerprint density at radius 1 is 1.35 bits per heavy atom. The molecule has 0 spiro atoms. The topological polar surface area (TPSA) is 50.9 Å². The number of nitrogens with one attached hydrogen (secondary N) is 1. The highest BCUT2D eigenvalue weighted by atomic mass is 15.0. The lowest BCUT2D eigenvalue weighted by Gasteiger charge is -2.16. The van der Waals surface area contributed by atoms with E-state index in [1.54, 1.807) is 0 Å². The third-order valence-corrected chi connectivity index (χ3v) is 3.94. The summed E-state index contributed by atoms with van der Waals surface area (Å²) in [6.07, 6.45) is 5.77. The minimum atomic E-state index is 0.534. The number of nitrogens with zero attached hydrogens (tertiary/aromatic N) is 1. The van der Waals surface area contributed by atoms with Crippen LogP contribution in [0.3, 0.4) is 0 Å². The molecule has 0 amide bonds. The Hall–Kier alpha value is -1.51. The zero-order valence-electron chi connectivity index (χ0n) is 10.3. The molecule has 0 bridgehead atoms. The number of aryl methyl sites for hydroxylation is 1. The summed E-state index contributed by atoms with van der Waals surface area (Å²) in [4.78, 5) is 4.87. The normalized spacial score (nSPS) is 21.1. The van der Waals surface area contributed by atoms with Crippen LogP contribution < -0.4 is 11.1 Å². The summed E-state index contributed by atoms with van der Waals surface area (Å²) in [5.74, 6) is 1.12. The molecule has 0 saturated carbocycles. The number of rotatable bonds is 2. The summed E-state index contributed by atoms with van der Waals surface area (Å²) < 4.78 is 0. The monoisotopic (exact) mass is 229 g/mol. The molecule has 0 aromatic carbocycles. The summed E-state index contributed by atoms with van der Waals surface area (Å²) in [6, 6.07) is 0. The summed E-state index contributed by atoms with van der Waals surface area (Å²) >= 11 is 0. The Balaban J connectivity index is 2.17. The van der Waals surface area contributed by atoms with Gasteiger partial charge >= 0.3 is 0 Å². The van der Waals surface area contributed by atoms with Crippen LogP contribution in [-0.4, -0.2) is 4.98 Å². The fraction of sp³-hybridized carbons (Fsp3) is 0.500. The van der Waals surface area contributed by atoms with Gasteiger partial charge in [0, 0.05) is 17.1 Å². The first-order valence-corrected chi connectivity index (χ1v) is 6.42. The van der Waals surface area contributed by atoms with E-state index >= 15 is 0 Å². The van der Waals surface area contributed by atoms with Crippen LogP contribution in [0.25, 0.3) is 0 Å². The highest BCUT2D eigenvalue weighted by Gasteiger charge is 2.28. The zero-order valence-corrected chi connectivity index (χ0v) is 10.3. The Kier molecular flexibility index (Phi) is 2.35. The van der Waals surface area contributed by atoms with Gasteiger partial charge in [0.1, 0.15) is 0 Å². The maximum atomic E-state index is 5.72. The number of nitrogens with two attached hydrogens (primary N) is 1. The second-order valence-corrected chi connectivity index (χ2v) is 5.22. The quantitative estimate of drug-likeness (QED) is 0.819. The van der Waals surface area contributed by atoms with Gasteiger partial charge in [0.25, 0.3) is 0 Å². The van der Waals surface area contributed by atoms with E-state index in [0.29, 0.717) is 11.7 Å². The van der Waals surface area contributed by atoms with Crippen molar-refractivity contribution in [3.05, 3.63) is 34.9 Å². The highest BCUT2D eigenvalue weighted by Crippen LogP contribution is 2.41. The zero-order chi connectivity index (χ0) is 12.0. The Morgan fingerprint density at radius 3 is 2.94 bits per heavy atom. The van der Waals surface area contributed by atoms with Gasteiger partial charge in [-0.15, -0.1) is 0 Å². The standard InChI is InChI=1S/C14H19N3/c1-8-6-7-11-13(8)17-12-5-3-4-10(12)14(11)16-9(2)15/h8H,2-7,15H2,1H3,(H,16,17). The van der Waals surface area contributed by atoms with E-state index in [0.717, 1.165) is 19.3 Å². The minimum Gasteiger partial charge on any atom is -0.386 e. The number of anilines is 1. The van der Waals surface area contributed by atoms with E-state index in [1.807, 2.05) is 0 Å². The molecule has 1 aromatic rings. The maximum Gasteiger partial charge on any atom is 0.0930 e. The lowest BCUT2D eigenvalue weighted by atomic mass is 10.0. The van der Waals surface area contributed by atoms with Crippen molar-refractivity contribution in [3.8, 4) is 0 Å². The molecule has 3 nitrogen and oxygen atoms in total. The summed E-state index contributed by atoms with van der Waals surface area (Å²) in [6.45, 7) is 6.03. The van der Waals surface area contributed by atoms with Crippen molar-refractivity contribution in [2.75, 3.05) is 5.32 Å². The van der Waals surface area contributed by atoms with Crippen molar-refractivity contribution >= 4 is 5.69 Å². The number of hydrogen-bond acceptors (Lipinski definition) is 3. The van der Waals surface area contributed by atoms with Gasteiger partial charge in [-0.25, -0.2) is 0 Å². The summed E-state index contributed by atoms with van der Waals surface area (Å²) in [7, 11) is 0. The Bertz CT molecular complexity index is 491. The molecule has 0 aliphatic heterocycles. The highest BCUT2D eigenvalue weighted by molar-refractivity contribution is 5.65. The van der Waals surface area contributed by atoms with Gasteiger partial charge in [-0.1, -0.05) is 13.5 Å². The molecule has 1 unspecified atom stereocenters. The van der Waals surface area contributed by atoms with Gasteiger partial charge in [-0.05, 0) is 49.1 Å². The molecule has 1 heterocycles. The van der Waals surface area contributed by atoms with Crippen LogP contribution in [-0.2, 0) is 19.3 Å². The van der Waals surface area contributed by atoms with E-state index in [-0.39, 0.29) is 0 Å². The van der Waals surface area contributed by atoms with Crippen molar-refractivity contribution < 1.29 is 0 Å². The van der Waals surface area contributed by atoms with Crippen LogP contribution in [0, 0.1) is 0 Å². The molecule has 0 fully saturated rings. The van der Waals surface area contributed by atoms with Gasteiger partial charge in [0.15, 0.2) is 0 Å². The third-order valence-electron chi connectivity index (χ3n) is 3.94.